The fourth-order valence-corrected chi connectivity index (χ4v) is 4.49. The molecule has 2 aliphatic heterocycles. The Morgan fingerprint density at radius 3 is 2.76 bits per heavy atom. The highest BCUT2D eigenvalue weighted by Crippen LogP contribution is 2.31. The van der Waals surface area contributed by atoms with Crippen molar-refractivity contribution in [3.63, 3.8) is 0 Å². The summed E-state index contributed by atoms with van der Waals surface area (Å²) in [6.45, 7) is 4.81. The molecule has 12 heteroatoms. The third kappa shape index (κ3) is 4.29. The summed E-state index contributed by atoms with van der Waals surface area (Å²) in [7, 11) is 0. The van der Waals surface area contributed by atoms with Crippen LogP contribution in [0.4, 0.5) is 14.9 Å². The van der Waals surface area contributed by atoms with Crippen LogP contribution in [0.1, 0.15) is 27.8 Å². The van der Waals surface area contributed by atoms with Gasteiger partial charge in [0.25, 0.3) is 11.8 Å². The fourth-order valence-electron chi connectivity index (χ4n) is 4.49. The van der Waals surface area contributed by atoms with Crippen molar-refractivity contribution in [1.82, 2.24) is 29.3 Å². The Morgan fingerprint density at radius 2 is 1.95 bits per heavy atom. The summed E-state index contributed by atoms with van der Waals surface area (Å²) in [5, 5.41) is 6.83. The first-order valence-corrected chi connectivity index (χ1v) is 12.0. The van der Waals surface area contributed by atoms with Crippen molar-refractivity contribution in [3.05, 3.63) is 65.6 Å². The molecule has 6 rings (SSSR count). The molecule has 0 aliphatic carbocycles. The second-order valence-electron chi connectivity index (χ2n) is 9.10. The number of ether oxygens (including phenoxy) is 1. The zero-order chi connectivity index (χ0) is 25.5. The number of carbonyl (C=O) groups excluding carboxylic acids is 2. The molecule has 1 N–H and O–H groups in total. The van der Waals surface area contributed by atoms with E-state index in [4.69, 9.17) is 9.26 Å². The van der Waals surface area contributed by atoms with E-state index < -0.39 is 11.7 Å². The lowest BCUT2D eigenvalue weighted by molar-refractivity contribution is 0.0343. The maximum Gasteiger partial charge on any atom is 0.320 e. The molecule has 11 nitrogen and oxygen atoms in total. The van der Waals surface area contributed by atoms with Gasteiger partial charge in [-0.2, -0.15) is 4.98 Å². The van der Waals surface area contributed by atoms with Crippen LogP contribution in [0.25, 0.3) is 17.1 Å². The molecule has 0 radical (unpaired) electrons. The van der Waals surface area contributed by atoms with E-state index in [1.165, 1.54) is 12.3 Å². The second kappa shape index (κ2) is 9.28. The average molecular weight is 506 g/mol. The molecule has 5 heterocycles. The van der Waals surface area contributed by atoms with E-state index in [2.05, 4.69) is 20.4 Å². The summed E-state index contributed by atoms with van der Waals surface area (Å²) in [5.74, 6) is -0.414. The summed E-state index contributed by atoms with van der Waals surface area (Å²) in [5.41, 5.74) is 1.86. The molecular weight excluding hydrogens is 481 g/mol. The number of amides is 3. The Balaban J connectivity index is 1.17. The molecule has 0 bridgehead atoms. The standard InChI is InChI=1S/C25H24FN7O4/c1-15-18(26)10-16(11-19(15)28-23(34)20-12-27-21-4-2-3-5-33(20)21)24-29-22(30-37-24)17-13-32(14-17)25(35)31-6-8-36-9-7-31/h2-5,10-12,17H,6-9,13-14H2,1H3,(H,28,34). The van der Waals surface area contributed by atoms with E-state index in [-0.39, 0.29) is 29.1 Å². The first-order valence-electron chi connectivity index (χ1n) is 12.0. The van der Waals surface area contributed by atoms with Crippen LogP contribution in [-0.2, 0) is 4.74 Å². The van der Waals surface area contributed by atoms with Crippen molar-refractivity contribution in [2.45, 2.75) is 12.8 Å². The smallest absolute Gasteiger partial charge is 0.320 e. The van der Waals surface area contributed by atoms with Crippen LogP contribution in [0.5, 0.6) is 0 Å². The Hall–Kier alpha value is -4.32. The van der Waals surface area contributed by atoms with Crippen molar-refractivity contribution >= 4 is 23.3 Å². The van der Waals surface area contributed by atoms with E-state index in [1.54, 1.807) is 45.5 Å². The topological polar surface area (TPSA) is 118 Å². The van der Waals surface area contributed by atoms with Gasteiger partial charge >= 0.3 is 6.03 Å². The molecular formula is C25H24FN7O4. The van der Waals surface area contributed by atoms with E-state index in [0.717, 1.165) is 0 Å². The number of nitrogens with zero attached hydrogens (tertiary/aromatic N) is 6. The fraction of sp³-hybridized carbons (Fsp3) is 0.320. The number of rotatable bonds is 4. The van der Waals surface area contributed by atoms with Crippen LogP contribution in [0.3, 0.4) is 0 Å². The van der Waals surface area contributed by atoms with Crippen LogP contribution in [0.2, 0.25) is 0 Å². The summed E-state index contributed by atoms with van der Waals surface area (Å²) in [6, 6.07) is 8.29. The second-order valence-corrected chi connectivity index (χ2v) is 9.10. The van der Waals surface area contributed by atoms with Gasteiger partial charge in [0, 0.05) is 49.2 Å². The molecule has 2 saturated heterocycles. The summed E-state index contributed by atoms with van der Waals surface area (Å²) in [6.07, 6.45) is 3.20. The Kier molecular flexibility index (Phi) is 5.80. The number of carbonyl (C=O) groups is 2. The normalized spacial score (nSPS) is 16.2. The lowest BCUT2D eigenvalue weighted by atomic mass is 10.00. The number of aromatic nitrogens is 4. The van der Waals surface area contributed by atoms with Crippen molar-refractivity contribution in [2.24, 2.45) is 0 Å². The van der Waals surface area contributed by atoms with Gasteiger partial charge in [0.1, 0.15) is 17.2 Å². The zero-order valence-corrected chi connectivity index (χ0v) is 20.1. The SMILES string of the molecule is Cc1c(F)cc(-c2nc(C3CN(C(=O)N4CCOCC4)C3)no2)cc1NC(=O)c1cnc2ccccn12. The van der Waals surface area contributed by atoms with Crippen LogP contribution in [-0.4, -0.2) is 80.7 Å². The van der Waals surface area contributed by atoms with Gasteiger partial charge in [-0.15, -0.1) is 0 Å². The summed E-state index contributed by atoms with van der Waals surface area (Å²) < 4.78 is 27.2. The maximum atomic E-state index is 14.8. The minimum absolute atomic E-state index is 0.0183. The number of urea groups is 1. The molecule has 37 heavy (non-hydrogen) atoms. The van der Waals surface area contributed by atoms with Crippen molar-refractivity contribution in [2.75, 3.05) is 44.7 Å². The minimum atomic E-state index is -0.517. The number of hydrogen-bond donors (Lipinski definition) is 1. The third-order valence-electron chi connectivity index (χ3n) is 6.73. The molecule has 3 amide bonds. The monoisotopic (exact) mass is 505 g/mol. The highest BCUT2D eigenvalue weighted by Gasteiger charge is 2.37. The predicted molar refractivity (Wildman–Crippen MR) is 130 cm³/mol. The number of pyridine rings is 1. The molecule has 2 aliphatic rings. The number of nitrogens with one attached hydrogen (secondary N) is 1. The number of anilines is 1. The molecule has 0 atom stereocenters. The highest BCUT2D eigenvalue weighted by atomic mass is 19.1. The number of fused-ring (bicyclic) bond motifs is 1. The predicted octanol–water partition coefficient (Wildman–Crippen LogP) is 2.94. The third-order valence-corrected chi connectivity index (χ3v) is 6.73. The number of hydrogen-bond acceptors (Lipinski definition) is 7. The average Bonchev–Trinajstić information content (AvgIpc) is 3.54. The van der Waals surface area contributed by atoms with E-state index in [1.807, 2.05) is 6.07 Å². The lowest BCUT2D eigenvalue weighted by Crippen LogP contribution is -2.56. The molecule has 4 aromatic rings. The Bertz CT molecular complexity index is 1490. The molecule has 3 aromatic heterocycles. The quantitative estimate of drug-likeness (QED) is 0.453. The minimum Gasteiger partial charge on any atom is -0.378 e. The van der Waals surface area contributed by atoms with Gasteiger partial charge in [0.05, 0.1) is 25.3 Å². The maximum absolute atomic E-state index is 14.8. The molecule has 0 spiro atoms. The van der Waals surface area contributed by atoms with E-state index in [9.17, 15) is 14.0 Å². The summed E-state index contributed by atoms with van der Waals surface area (Å²) >= 11 is 0. The molecule has 190 valence electrons. The van der Waals surface area contributed by atoms with E-state index >= 15 is 0 Å². The van der Waals surface area contributed by atoms with Crippen LogP contribution in [0.15, 0.2) is 47.2 Å². The van der Waals surface area contributed by atoms with E-state index in [0.29, 0.717) is 62.1 Å². The van der Waals surface area contributed by atoms with Gasteiger partial charge < -0.3 is 24.4 Å². The van der Waals surface area contributed by atoms with Gasteiger partial charge in [-0.3, -0.25) is 9.20 Å². The number of morpholine rings is 1. The van der Waals surface area contributed by atoms with Gasteiger partial charge in [0.15, 0.2) is 5.82 Å². The Labute approximate surface area is 210 Å². The van der Waals surface area contributed by atoms with Crippen LogP contribution < -0.4 is 5.32 Å². The van der Waals surface area contributed by atoms with Crippen molar-refractivity contribution in [3.8, 4) is 11.5 Å². The lowest BCUT2D eigenvalue weighted by Gasteiger charge is -2.41. The van der Waals surface area contributed by atoms with Gasteiger partial charge in [-0.25, -0.2) is 14.2 Å². The van der Waals surface area contributed by atoms with Crippen LogP contribution in [0, 0.1) is 12.7 Å². The largest absolute Gasteiger partial charge is 0.378 e. The number of likely N-dealkylation sites (tertiary alicyclic amines) is 1. The number of benzene rings is 1. The molecule has 0 unspecified atom stereocenters. The number of halogens is 1. The zero-order valence-electron chi connectivity index (χ0n) is 20.1. The van der Waals surface area contributed by atoms with Crippen molar-refractivity contribution in [1.29, 1.82) is 0 Å². The van der Waals surface area contributed by atoms with Gasteiger partial charge in [0.2, 0.25) is 0 Å². The highest BCUT2D eigenvalue weighted by molar-refractivity contribution is 6.04. The Morgan fingerprint density at radius 1 is 1.14 bits per heavy atom. The number of imidazole rings is 1. The molecule has 2 fully saturated rings. The summed E-state index contributed by atoms with van der Waals surface area (Å²) in [4.78, 5) is 37.7. The van der Waals surface area contributed by atoms with Gasteiger partial charge in [-0.1, -0.05) is 11.2 Å². The first-order chi connectivity index (χ1) is 18.0. The molecule has 1 aromatic carbocycles. The van der Waals surface area contributed by atoms with Gasteiger partial charge in [-0.05, 0) is 31.2 Å². The van der Waals surface area contributed by atoms with Crippen molar-refractivity contribution < 1.29 is 23.2 Å². The van der Waals surface area contributed by atoms with Crippen LogP contribution >= 0.6 is 0 Å². The first kappa shape index (κ1) is 23.1. The molecule has 0 saturated carbocycles.